The molecule has 1 aliphatic heterocycles. The zero-order valence-corrected chi connectivity index (χ0v) is 13.9. The lowest BCUT2D eigenvalue weighted by atomic mass is 9.46. The van der Waals surface area contributed by atoms with Crippen molar-refractivity contribution in [2.24, 2.45) is 0 Å². The van der Waals surface area contributed by atoms with Crippen LogP contribution in [-0.2, 0) is 14.6 Å². The van der Waals surface area contributed by atoms with Crippen molar-refractivity contribution in [1.82, 2.24) is 0 Å². The van der Waals surface area contributed by atoms with E-state index in [9.17, 15) is 9.90 Å². The summed E-state index contributed by atoms with van der Waals surface area (Å²) in [4.78, 5) is 12.6. The maximum atomic E-state index is 12.6. The van der Waals surface area contributed by atoms with Crippen LogP contribution in [0.1, 0.15) is 0 Å². The second kappa shape index (κ2) is 6.40. The number of hydrogen-bond acceptors (Lipinski definition) is 2. The van der Waals surface area contributed by atoms with Crippen molar-refractivity contribution >= 4 is 29.6 Å². The van der Waals surface area contributed by atoms with Crippen LogP contribution in [0.25, 0.3) is 6.20 Å². The third-order valence-corrected chi connectivity index (χ3v) is 4.37. The molecule has 0 spiro atoms. The Labute approximate surface area is 150 Å². The summed E-state index contributed by atoms with van der Waals surface area (Å²) in [7, 11) is 0. The van der Waals surface area contributed by atoms with Gasteiger partial charge in [-0.2, -0.15) is 4.57 Å². The predicted octanol–water partition coefficient (Wildman–Crippen LogP) is 1.26. The van der Waals surface area contributed by atoms with Crippen LogP contribution in [0.15, 0.2) is 90.9 Å². The topological polar surface area (TPSA) is 62.9 Å². The van der Waals surface area contributed by atoms with E-state index in [-0.39, 0.29) is 11.5 Å². The second-order valence-corrected chi connectivity index (χ2v) is 6.10. The average Bonchev–Trinajstić information content (AvgIpc) is 3.01. The molecule has 5 nitrogen and oxygen atoms in total. The molecule has 127 valence electrons. The lowest BCUT2D eigenvalue weighted by molar-refractivity contribution is -0.570. The lowest BCUT2D eigenvalue weighted by Crippen LogP contribution is -2.62. The molecule has 0 amide bonds. The van der Waals surface area contributed by atoms with E-state index in [2.05, 4.69) is 4.65 Å². The van der Waals surface area contributed by atoms with Gasteiger partial charge in [0.05, 0.1) is 0 Å². The Morgan fingerprint density at radius 3 is 2.08 bits per heavy atom. The maximum absolute atomic E-state index is 12.6. The third kappa shape index (κ3) is 2.82. The first-order valence-electron chi connectivity index (χ1n) is 8.29. The fraction of sp³-hybridized carbons (Fsp3) is 0. The largest absolute Gasteiger partial charge is 0.728 e. The van der Waals surface area contributed by atoms with Gasteiger partial charge in [-0.1, -0.05) is 71.6 Å². The number of aromatic nitrogens is 1. The summed E-state index contributed by atoms with van der Waals surface area (Å²) in [6.45, 7) is -2.06. The minimum absolute atomic E-state index is 0.105. The number of nitrogens with zero attached hydrogens (tertiary/aromatic N) is 1. The molecule has 2 heterocycles. The summed E-state index contributed by atoms with van der Waals surface area (Å²) in [6, 6.07) is 22.0. The second-order valence-electron chi connectivity index (χ2n) is 6.10. The molecule has 1 fully saturated rings. The van der Waals surface area contributed by atoms with Gasteiger partial charge in [0.15, 0.2) is 6.20 Å². The van der Waals surface area contributed by atoms with Crippen LogP contribution in [0.2, 0.25) is 0 Å². The van der Waals surface area contributed by atoms with E-state index < -0.39 is 12.5 Å². The number of hydrogen-bond donors (Lipinski definition) is 0. The van der Waals surface area contributed by atoms with Crippen molar-refractivity contribution in [3.63, 3.8) is 0 Å². The molecular formula is C20H16BNO4+. The Bertz CT molecular complexity index is 934. The number of carbonyl (C=O) groups is 1. The van der Waals surface area contributed by atoms with Gasteiger partial charge in [-0.3, -0.25) is 5.11 Å². The van der Waals surface area contributed by atoms with Gasteiger partial charge in [0.2, 0.25) is 18.1 Å². The van der Waals surface area contributed by atoms with E-state index in [0.29, 0.717) is 0 Å². The summed E-state index contributed by atoms with van der Waals surface area (Å²) < 4.78 is 12.1. The first kappa shape index (κ1) is 16.0. The molecule has 1 N–H and O–H groups in total. The molecule has 0 aliphatic carbocycles. The normalized spacial score (nSPS) is 16.9. The van der Waals surface area contributed by atoms with Gasteiger partial charge < -0.3 is 9.31 Å². The molecule has 1 radical (unpaired) electrons. The van der Waals surface area contributed by atoms with Crippen LogP contribution >= 0.6 is 0 Å². The highest BCUT2D eigenvalue weighted by Gasteiger charge is 2.50. The van der Waals surface area contributed by atoms with Crippen LogP contribution in [-0.4, -0.2) is 17.2 Å². The highest BCUT2D eigenvalue weighted by molar-refractivity contribution is 6.94. The van der Waals surface area contributed by atoms with Gasteiger partial charge >= 0.3 is 12.5 Å². The minimum Gasteiger partial charge on any atom is -0.728 e. The molecule has 26 heavy (non-hydrogen) atoms. The fourth-order valence-corrected chi connectivity index (χ4v) is 3.17. The first-order chi connectivity index (χ1) is 12.7. The van der Waals surface area contributed by atoms with Crippen molar-refractivity contribution in [2.45, 2.75) is 0 Å². The monoisotopic (exact) mass is 345 g/mol. The Kier molecular flexibility index (Phi) is 3.93. The number of aliphatic carboxylic acids is 1. The van der Waals surface area contributed by atoms with Gasteiger partial charge in [0.1, 0.15) is 0 Å². The van der Waals surface area contributed by atoms with Crippen LogP contribution in [0, 0.1) is 0 Å². The van der Waals surface area contributed by atoms with Crippen molar-refractivity contribution in [3.8, 4) is 5.75 Å². The SMILES string of the molecule is [O]c1ccc[n+](/C=C2/O[B-](c3ccccc3)(c3ccccc3)[OH+]C2=O)c1. The number of carboxylic acids is 1. The van der Waals surface area contributed by atoms with Crippen molar-refractivity contribution in [3.05, 3.63) is 90.9 Å². The summed E-state index contributed by atoms with van der Waals surface area (Å²) in [5.74, 6) is -0.496. The number of pyridine rings is 1. The molecule has 0 unspecified atom stereocenters. The van der Waals surface area contributed by atoms with E-state index in [1.54, 1.807) is 12.3 Å². The van der Waals surface area contributed by atoms with Gasteiger partial charge in [0, 0.05) is 10.9 Å². The molecule has 2 aromatic carbocycles. The Balaban J connectivity index is 1.81. The minimum atomic E-state index is -2.06. The highest BCUT2D eigenvalue weighted by atomic mass is 16.7. The Hall–Kier alpha value is -3.54. The highest BCUT2D eigenvalue weighted by Crippen LogP contribution is 2.21. The summed E-state index contributed by atoms with van der Waals surface area (Å²) in [5.41, 5.74) is 1.64. The average molecular weight is 345 g/mol. The van der Waals surface area contributed by atoms with Gasteiger partial charge in [-0.15, -0.1) is 0 Å². The maximum Gasteiger partial charge on any atom is 0.539 e. The van der Waals surface area contributed by atoms with Crippen LogP contribution in [0.5, 0.6) is 5.75 Å². The Morgan fingerprint density at radius 1 is 0.885 bits per heavy atom. The molecular weight excluding hydrogens is 329 g/mol. The first-order valence-corrected chi connectivity index (χ1v) is 8.29. The van der Waals surface area contributed by atoms with E-state index >= 15 is 0 Å². The van der Waals surface area contributed by atoms with Crippen molar-refractivity contribution < 1.29 is 23.8 Å². The molecule has 4 rings (SSSR count). The van der Waals surface area contributed by atoms with Crippen molar-refractivity contribution in [2.75, 3.05) is 0 Å². The number of rotatable bonds is 3. The van der Waals surface area contributed by atoms with Crippen LogP contribution in [0.3, 0.4) is 0 Å². The van der Waals surface area contributed by atoms with E-state index in [1.807, 2.05) is 60.7 Å². The van der Waals surface area contributed by atoms with Crippen LogP contribution < -0.4 is 15.5 Å². The smallest absolute Gasteiger partial charge is 0.539 e. The zero-order valence-electron chi connectivity index (χ0n) is 13.9. The van der Waals surface area contributed by atoms with Crippen LogP contribution in [0.4, 0.5) is 0 Å². The molecule has 1 aromatic heterocycles. The standard InChI is InChI=1S/C20H16BNO4/c23-18-12-7-13-22(14-18)15-19-20(24)26-21(25-19,16-8-3-1-4-9-16)17-10-5-2-6-11-17/h1-15,26H/q+1/b19-15+. The van der Waals surface area contributed by atoms with Gasteiger partial charge in [-0.05, 0) is 6.07 Å². The number of benzene rings is 2. The summed E-state index contributed by atoms with van der Waals surface area (Å²) >= 11 is 0. The molecule has 0 saturated carbocycles. The molecule has 1 aliphatic rings. The molecule has 6 heteroatoms. The third-order valence-electron chi connectivity index (χ3n) is 4.37. The van der Waals surface area contributed by atoms with E-state index in [1.165, 1.54) is 23.0 Å². The van der Waals surface area contributed by atoms with E-state index in [4.69, 9.17) is 4.65 Å². The summed E-state index contributed by atoms with van der Waals surface area (Å²) in [5, 5.41) is 11.5. The molecule has 3 aromatic rings. The van der Waals surface area contributed by atoms with Crippen molar-refractivity contribution in [1.29, 1.82) is 0 Å². The zero-order chi connectivity index (χ0) is 18.0. The molecule has 0 bridgehead atoms. The predicted molar refractivity (Wildman–Crippen MR) is 97.3 cm³/mol. The molecule has 0 atom stereocenters. The summed E-state index contributed by atoms with van der Waals surface area (Å²) in [6.07, 6.45) is 4.54. The van der Waals surface area contributed by atoms with E-state index in [0.717, 1.165) is 10.9 Å². The fourth-order valence-electron chi connectivity index (χ4n) is 3.17. The Morgan fingerprint density at radius 2 is 1.50 bits per heavy atom. The van der Waals surface area contributed by atoms with Gasteiger partial charge in [-0.25, -0.2) is 0 Å². The molecule has 1 saturated heterocycles. The van der Waals surface area contributed by atoms with Gasteiger partial charge in [0.25, 0.3) is 5.76 Å². The quantitative estimate of drug-likeness (QED) is 0.311. The lowest BCUT2D eigenvalue weighted by Gasteiger charge is -2.32.